The van der Waals surface area contributed by atoms with Crippen LogP contribution >= 0.6 is 0 Å². The summed E-state index contributed by atoms with van der Waals surface area (Å²) in [6, 6.07) is 0. The van der Waals surface area contributed by atoms with E-state index in [0.29, 0.717) is 12.8 Å². The molecule has 1 fully saturated rings. The Morgan fingerprint density at radius 2 is 1.59 bits per heavy atom. The van der Waals surface area contributed by atoms with E-state index in [0.717, 1.165) is 12.8 Å². The van der Waals surface area contributed by atoms with Crippen LogP contribution in [0.3, 0.4) is 0 Å². The van der Waals surface area contributed by atoms with Gasteiger partial charge in [0.25, 0.3) is 0 Å². The Morgan fingerprint density at radius 3 is 1.88 bits per heavy atom. The van der Waals surface area contributed by atoms with E-state index in [1.54, 1.807) is 7.11 Å². The minimum atomic E-state index is -0.914. The van der Waals surface area contributed by atoms with E-state index >= 15 is 0 Å². The third kappa shape index (κ3) is 3.19. The van der Waals surface area contributed by atoms with E-state index in [4.69, 9.17) is 4.84 Å². The SMILES string of the molecule is CON1C(C)(C)CCC(C(=O)[O-])CCC1(C)C. The molecule has 0 spiro atoms. The fraction of sp³-hybridized carbons (Fsp3) is 0.923. The van der Waals surface area contributed by atoms with E-state index in [9.17, 15) is 9.90 Å². The summed E-state index contributed by atoms with van der Waals surface area (Å²) in [7, 11) is 1.68. The van der Waals surface area contributed by atoms with Crippen LogP contribution in [0.2, 0.25) is 0 Å². The van der Waals surface area contributed by atoms with E-state index in [-0.39, 0.29) is 17.0 Å². The van der Waals surface area contributed by atoms with Gasteiger partial charge in [-0.3, -0.25) is 0 Å². The zero-order chi connectivity index (χ0) is 13.3. The lowest BCUT2D eigenvalue weighted by atomic mass is 9.80. The fourth-order valence-corrected chi connectivity index (χ4v) is 2.95. The summed E-state index contributed by atoms with van der Waals surface area (Å²) in [6.07, 6.45) is 2.91. The first-order valence-electron chi connectivity index (χ1n) is 6.26. The molecule has 0 aliphatic carbocycles. The van der Waals surface area contributed by atoms with E-state index in [1.165, 1.54) is 0 Å². The first kappa shape index (κ1) is 14.5. The summed E-state index contributed by atoms with van der Waals surface area (Å²) in [6.45, 7) is 8.37. The minimum absolute atomic E-state index is 0.160. The molecule has 0 radical (unpaired) electrons. The van der Waals surface area contributed by atoms with Crippen molar-refractivity contribution < 1.29 is 14.7 Å². The Labute approximate surface area is 104 Å². The van der Waals surface area contributed by atoms with Crippen molar-refractivity contribution in [1.29, 1.82) is 0 Å². The highest BCUT2D eigenvalue weighted by Crippen LogP contribution is 2.37. The monoisotopic (exact) mass is 242 g/mol. The minimum Gasteiger partial charge on any atom is -0.550 e. The molecule has 0 amide bonds. The van der Waals surface area contributed by atoms with Gasteiger partial charge in [0.1, 0.15) is 0 Å². The van der Waals surface area contributed by atoms with Gasteiger partial charge in [-0.25, -0.2) is 0 Å². The number of hydrogen-bond acceptors (Lipinski definition) is 4. The molecule has 0 aromatic carbocycles. The normalized spacial score (nSPS) is 26.2. The van der Waals surface area contributed by atoms with Crippen LogP contribution in [0.4, 0.5) is 0 Å². The Kier molecular flexibility index (Phi) is 4.20. The number of hydroxylamine groups is 2. The van der Waals surface area contributed by atoms with Crippen LogP contribution in [-0.4, -0.2) is 29.2 Å². The quantitative estimate of drug-likeness (QED) is 0.733. The second-order valence-electron chi connectivity index (χ2n) is 6.20. The van der Waals surface area contributed by atoms with Crippen molar-refractivity contribution in [3.8, 4) is 0 Å². The van der Waals surface area contributed by atoms with Crippen molar-refractivity contribution in [2.45, 2.75) is 64.5 Å². The molecule has 4 heteroatoms. The van der Waals surface area contributed by atoms with Crippen LogP contribution in [0, 0.1) is 5.92 Å². The number of hydrogen-bond donors (Lipinski definition) is 0. The Balaban J connectivity index is 2.92. The molecule has 0 N–H and O–H groups in total. The first-order valence-corrected chi connectivity index (χ1v) is 6.26. The maximum Gasteiger partial charge on any atom is 0.0575 e. The van der Waals surface area contributed by atoms with Crippen molar-refractivity contribution in [1.82, 2.24) is 5.06 Å². The molecule has 1 rings (SSSR count). The number of nitrogens with zero attached hydrogens (tertiary/aromatic N) is 1. The predicted molar refractivity (Wildman–Crippen MR) is 64.0 cm³/mol. The fourth-order valence-electron chi connectivity index (χ4n) is 2.95. The van der Waals surface area contributed by atoms with Crippen molar-refractivity contribution in [3.05, 3.63) is 0 Å². The van der Waals surface area contributed by atoms with Gasteiger partial charge in [-0.15, -0.1) is 0 Å². The van der Waals surface area contributed by atoms with Gasteiger partial charge in [0.2, 0.25) is 0 Å². The number of carboxylic acid groups (broad SMARTS) is 1. The second-order valence-corrected chi connectivity index (χ2v) is 6.20. The maximum absolute atomic E-state index is 11.0. The molecule has 100 valence electrons. The average Bonchev–Trinajstić information content (AvgIpc) is 2.14. The molecule has 0 bridgehead atoms. The highest BCUT2D eigenvalue weighted by atomic mass is 16.7. The first-order chi connectivity index (χ1) is 7.70. The van der Waals surface area contributed by atoms with Gasteiger partial charge < -0.3 is 14.7 Å². The summed E-state index contributed by atoms with van der Waals surface area (Å²) in [5.41, 5.74) is -0.321. The molecular formula is C13H24NO3-. The summed E-state index contributed by atoms with van der Waals surface area (Å²) < 4.78 is 0. The molecule has 0 aromatic heterocycles. The van der Waals surface area contributed by atoms with Crippen LogP contribution in [0.15, 0.2) is 0 Å². The lowest BCUT2D eigenvalue weighted by Gasteiger charge is -2.49. The van der Waals surface area contributed by atoms with Gasteiger partial charge in [-0.2, -0.15) is 5.06 Å². The molecule has 17 heavy (non-hydrogen) atoms. The Bertz CT molecular complexity index is 266. The zero-order valence-electron chi connectivity index (χ0n) is 11.6. The average molecular weight is 242 g/mol. The van der Waals surface area contributed by atoms with Crippen LogP contribution in [0.1, 0.15) is 53.4 Å². The molecule has 1 saturated heterocycles. The lowest BCUT2D eigenvalue weighted by molar-refractivity contribution is -0.314. The van der Waals surface area contributed by atoms with Gasteiger partial charge in [0.05, 0.1) is 7.11 Å². The standard InChI is InChI=1S/C13H25NO3/c1-12(2)8-6-10(11(15)16)7-9-13(3,4)14(12)17-5/h10H,6-9H2,1-5H3,(H,15,16)/p-1. The molecule has 0 aromatic rings. The van der Waals surface area contributed by atoms with Crippen LogP contribution in [0.25, 0.3) is 0 Å². The van der Waals surface area contributed by atoms with Crippen molar-refractivity contribution in [2.75, 3.05) is 7.11 Å². The van der Waals surface area contributed by atoms with Crippen molar-refractivity contribution in [2.24, 2.45) is 5.92 Å². The molecule has 1 aliphatic heterocycles. The summed E-state index contributed by atoms with van der Waals surface area (Å²) in [4.78, 5) is 16.6. The topological polar surface area (TPSA) is 52.6 Å². The molecule has 0 unspecified atom stereocenters. The lowest BCUT2D eigenvalue weighted by Crippen LogP contribution is -2.56. The van der Waals surface area contributed by atoms with Crippen LogP contribution < -0.4 is 5.11 Å². The van der Waals surface area contributed by atoms with Gasteiger partial charge in [0.15, 0.2) is 0 Å². The summed E-state index contributed by atoms with van der Waals surface area (Å²) >= 11 is 0. The highest BCUT2D eigenvalue weighted by Gasteiger charge is 2.40. The number of rotatable bonds is 2. The van der Waals surface area contributed by atoms with Crippen molar-refractivity contribution in [3.63, 3.8) is 0 Å². The Morgan fingerprint density at radius 1 is 1.18 bits per heavy atom. The van der Waals surface area contributed by atoms with Crippen LogP contribution in [-0.2, 0) is 9.63 Å². The molecule has 0 saturated carbocycles. The number of carbonyl (C=O) groups excluding carboxylic acids is 1. The smallest absolute Gasteiger partial charge is 0.0575 e. The predicted octanol–water partition coefficient (Wildman–Crippen LogP) is 1.35. The highest BCUT2D eigenvalue weighted by molar-refractivity contribution is 5.67. The molecule has 1 aliphatic rings. The van der Waals surface area contributed by atoms with Gasteiger partial charge >= 0.3 is 0 Å². The van der Waals surface area contributed by atoms with Gasteiger partial charge in [-0.1, -0.05) is 0 Å². The third-order valence-corrected chi connectivity index (χ3v) is 3.82. The molecular weight excluding hydrogens is 218 g/mol. The van der Waals surface area contributed by atoms with E-state index in [2.05, 4.69) is 27.7 Å². The summed E-state index contributed by atoms with van der Waals surface area (Å²) in [5.74, 6) is -1.24. The number of aliphatic carboxylic acids is 1. The number of carboxylic acids is 1. The van der Waals surface area contributed by atoms with Gasteiger partial charge in [-0.05, 0) is 59.3 Å². The second kappa shape index (κ2) is 4.94. The largest absolute Gasteiger partial charge is 0.550 e. The van der Waals surface area contributed by atoms with E-state index in [1.807, 2.05) is 5.06 Å². The molecule has 1 heterocycles. The van der Waals surface area contributed by atoms with Crippen molar-refractivity contribution >= 4 is 5.97 Å². The maximum atomic E-state index is 11.0. The van der Waals surface area contributed by atoms with E-state index < -0.39 is 5.97 Å². The third-order valence-electron chi connectivity index (χ3n) is 3.82. The zero-order valence-corrected chi connectivity index (χ0v) is 11.6. The number of carbonyl (C=O) groups is 1. The van der Waals surface area contributed by atoms with Gasteiger partial charge in [0, 0.05) is 17.0 Å². The molecule has 0 atom stereocenters. The molecule has 4 nitrogen and oxygen atoms in total. The summed E-state index contributed by atoms with van der Waals surface area (Å²) in [5, 5.41) is 13.0. The van der Waals surface area contributed by atoms with Crippen LogP contribution in [0.5, 0.6) is 0 Å². The Hall–Kier alpha value is -0.610.